The van der Waals surface area contributed by atoms with Gasteiger partial charge in [0, 0.05) is 40.3 Å². The van der Waals surface area contributed by atoms with Gasteiger partial charge in [-0.05, 0) is 100 Å². The van der Waals surface area contributed by atoms with Gasteiger partial charge in [-0.3, -0.25) is 4.99 Å². The molecule has 7 nitrogen and oxygen atoms in total. The molecule has 0 atom stereocenters. The lowest BCUT2D eigenvalue weighted by molar-refractivity contribution is -0.133. The molecule has 5 rings (SSSR count). The molecule has 0 bridgehead atoms. The number of aryl methyl sites for hydroxylation is 1. The molecule has 0 saturated carbocycles. The van der Waals surface area contributed by atoms with E-state index < -0.39 is 0 Å². The van der Waals surface area contributed by atoms with Gasteiger partial charge in [-0.25, -0.2) is 4.79 Å². The number of benzene rings is 2. The van der Waals surface area contributed by atoms with E-state index in [9.17, 15) is 4.79 Å². The zero-order valence-corrected chi connectivity index (χ0v) is 40.9. The average molecular weight is 800 g/mol. The molecule has 0 unspecified atom stereocenters. The van der Waals surface area contributed by atoms with Crippen LogP contribution in [0.4, 0.5) is 5.69 Å². The van der Waals surface area contributed by atoms with E-state index in [1.54, 1.807) is 47.3 Å². The number of ether oxygens (including phenoxy) is 1. The lowest BCUT2D eigenvalue weighted by Crippen LogP contribution is -1.95. The second-order valence-electron chi connectivity index (χ2n) is 10.5. The van der Waals surface area contributed by atoms with E-state index in [2.05, 4.69) is 107 Å². The summed E-state index contributed by atoms with van der Waals surface area (Å²) in [4.78, 5) is 15.0. The van der Waals surface area contributed by atoms with Crippen LogP contribution in [0.3, 0.4) is 0 Å². The molecule has 1 aliphatic carbocycles. The average Bonchev–Trinajstić information content (AvgIpc) is 4.02. The first-order valence-electron chi connectivity index (χ1n) is 20.3. The second-order valence-corrected chi connectivity index (χ2v) is 10.5. The molecule has 7 heteroatoms. The highest BCUT2D eigenvalue weighted by Gasteiger charge is 2.15. The van der Waals surface area contributed by atoms with Crippen LogP contribution in [0.15, 0.2) is 152 Å². The number of esters is 1. The number of carbonyl (C=O) groups excluding carboxylic acids is 1. The summed E-state index contributed by atoms with van der Waals surface area (Å²) in [6, 6.07) is 18.5. The smallest absolute Gasteiger partial charge is 0.342 e. The Morgan fingerprint density at radius 3 is 1.31 bits per heavy atom. The van der Waals surface area contributed by atoms with Crippen molar-refractivity contribution >= 4 is 17.4 Å². The van der Waals surface area contributed by atoms with Crippen LogP contribution in [0.2, 0.25) is 0 Å². The molecule has 326 valence electrons. The van der Waals surface area contributed by atoms with Crippen LogP contribution in [-0.2, 0) is 16.0 Å². The van der Waals surface area contributed by atoms with Crippen LogP contribution in [-0.4, -0.2) is 39.9 Å². The zero-order chi connectivity index (χ0) is 46.4. The maximum atomic E-state index is 10.7. The van der Waals surface area contributed by atoms with Gasteiger partial charge < -0.3 is 4.74 Å². The molecular formula is C51H85N5O2. The molecule has 58 heavy (non-hydrogen) atoms. The summed E-state index contributed by atoms with van der Waals surface area (Å²) in [6.07, 6.45) is 20.1. The van der Waals surface area contributed by atoms with E-state index in [-0.39, 0.29) is 5.97 Å². The molecule has 2 aromatic carbocycles. The van der Waals surface area contributed by atoms with Gasteiger partial charge in [0.05, 0.1) is 11.3 Å². The summed E-state index contributed by atoms with van der Waals surface area (Å²) in [5, 5.41) is 13.4. The molecule has 0 spiro atoms. The first-order valence-corrected chi connectivity index (χ1v) is 20.3. The van der Waals surface area contributed by atoms with Gasteiger partial charge >= 0.3 is 5.97 Å². The van der Waals surface area contributed by atoms with E-state index in [1.165, 1.54) is 28.8 Å². The second kappa shape index (κ2) is 61.0. The number of hydrogen-bond acceptors (Lipinski definition) is 7. The number of azo groups is 2. The van der Waals surface area contributed by atoms with Crippen LogP contribution < -0.4 is 0 Å². The Morgan fingerprint density at radius 1 is 0.655 bits per heavy atom. The van der Waals surface area contributed by atoms with E-state index in [4.69, 9.17) is 4.74 Å². The van der Waals surface area contributed by atoms with Gasteiger partial charge in [0.15, 0.2) is 0 Å². The fourth-order valence-electron chi connectivity index (χ4n) is 3.09. The number of para-hydroxylation sites is 1. The van der Waals surface area contributed by atoms with Crippen LogP contribution in [0, 0.1) is 18.8 Å². The minimum atomic E-state index is -0.241. The fourth-order valence-corrected chi connectivity index (χ4v) is 3.09. The third kappa shape index (κ3) is 55.1. The molecule has 0 N–H and O–H groups in total. The van der Waals surface area contributed by atoms with Crippen LogP contribution in [0.5, 0.6) is 0 Å². The largest absolute Gasteiger partial charge is 0.428 e. The number of aliphatic imine (C=N–C) groups is 1. The van der Waals surface area contributed by atoms with Crippen molar-refractivity contribution in [3.8, 4) is 11.8 Å². The van der Waals surface area contributed by atoms with Crippen molar-refractivity contribution in [3.05, 3.63) is 137 Å². The Labute approximate surface area is 359 Å². The number of cyclic esters (lactones) is 1. The summed E-state index contributed by atoms with van der Waals surface area (Å²) < 4.78 is 4.72. The highest BCUT2D eigenvalue weighted by atomic mass is 16.5. The molecular weight excluding hydrogens is 715 g/mol. The standard InChI is InChI=1S/C9H9N.C7H8O2.C7H8.C6H8.2C4H8.C4H6.2C2H6N2.3C2H6/c1-7-6-8-4-2-3-5-9(8)10-7;1-3-6-4-5(2)9-7(6)8;1-7-5-3-2-4-6-7;1-6-4-2-3-5-6;5*1-3-4-2;3*1-2/h2-5H,6H2,1H3;3-4H,1-2H3;2-6H,1H3;2-4H,5H2,1H3;2*3-4H,1-2H3;3*1-2H3;3*1-2H3/b;6-3-;;;4-3+;4-3-;;;;;;. The molecule has 2 aliphatic heterocycles. The number of hydrogen-bond donors (Lipinski definition) is 0. The van der Waals surface area contributed by atoms with Crippen molar-refractivity contribution in [2.75, 3.05) is 28.2 Å². The van der Waals surface area contributed by atoms with Crippen molar-refractivity contribution in [3.63, 3.8) is 0 Å². The van der Waals surface area contributed by atoms with Crippen molar-refractivity contribution in [1.82, 2.24) is 0 Å². The normalized spacial score (nSPS) is 12.1. The van der Waals surface area contributed by atoms with Gasteiger partial charge in [0.2, 0.25) is 0 Å². The Hall–Kier alpha value is -5.22. The minimum absolute atomic E-state index is 0.241. The third-order valence-corrected chi connectivity index (χ3v) is 6.12. The molecule has 2 heterocycles. The van der Waals surface area contributed by atoms with Crippen LogP contribution in [0.25, 0.3) is 0 Å². The SMILES string of the molecule is C/C=C/C.C/C=C1/C=C(C)OC1=O.C/C=C\C.CC.CC.CC.CC#CC.CC1=CC=CC1.CC1=Nc2ccccc2C1.CN=NC.CN=NC.Cc1ccccc1. The lowest BCUT2D eigenvalue weighted by atomic mass is 10.1. The number of allylic oxidation sites excluding steroid dienone is 10. The quantitative estimate of drug-likeness (QED) is 0.0873. The highest BCUT2D eigenvalue weighted by Crippen LogP contribution is 2.25. The summed E-state index contributed by atoms with van der Waals surface area (Å²) in [5.41, 5.74) is 7.17. The van der Waals surface area contributed by atoms with Gasteiger partial charge in [-0.1, -0.05) is 150 Å². The van der Waals surface area contributed by atoms with Crippen LogP contribution in [0.1, 0.15) is 128 Å². The molecule has 0 saturated heterocycles. The van der Waals surface area contributed by atoms with E-state index in [1.807, 2.05) is 139 Å². The molecule has 2 aromatic rings. The van der Waals surface area contributed by atoms with Crippen LogP contribution >= 0.6 is 0 Å². The van der Waals surface area contributed by atoms with Crippen molar-refractivity contribution < 1.29 is 9.53 Å². The number of rotatable bonds is 0. The number of carbonyl (C=O) groups is 1. The summed E-state index contributed by atoms with van der Waals surface area (Å²) in [7, 11) is 6.56. The lowest BCUT2D eigenvalue weighted by Gasteiger charge is -1.91. The summed E-state index contributed by atoms with van der Waals surface area (Å²) in [6.45, 7) is 33.5. The fraction of sp³-hybridized carbons (Fsp3) is 0.451. The van der Waals surface area contributed by atoms with E-state index >= 15 is 0 Å². The highest BCUT2D eigenvalue weighted by molar-refractivity contribution is 5.94. The number of nitrogens with zero attached hydrogens (tertiary/aromatic N) is 5. The summed E-state index contributed by atoms with van der Waals surface area (Å²) in [5.74, 6) is 5.79. The van der Waals surface area contributed by atoms with Gasteiger partial charge in [-0.15, -0.1) is 11.8 Å². The first-order chi connectivity index (χ1) is 28.0. The van der Waals surface area contributed by atoms with Crippen molar-refractivity contribution in [1.29, 1.82) is 0 Å². The Bertz CT molecular complexity index is 1450. The zero-order valence-electron chi connectivity index (χ0n) is 40.9. The maximum Gasteiger partial charge on any atom is 0.342 e. The minimum Gasteiger partial charge on any atom is -0.428 e. The third-order valence-electron chi connectivity index (χ3n) is 6.12. The van der Waals surface area contributed by atoms with Gasteiger partial charge in [0.25, 0.3) is 0 Å². The Balaban J connectivity index is -0.000000102. The molecule has 0 amide bonds. The molecule has 0 fully saturated rings. The van der Waals surface area contributed by atoms with Gasteiger partial charge in [-0.2, -0.15) is 20.5 Å². The van der Waals surface area contributed by atoms with Crippen molar-refractivity contribution in [2.24, 2.45) is 25.4 Å². The summed E-state index contributed by atoms with van der Waals surface area (Å²) >= 11 is 0. The Kier molecular flexibility index (Phi) is 71.0. The number of fused-ring (bicyclic) bond motifs is 1. The van der Waals surface area contributed by atoms with E-state index in [0.717, 1.165) is 12.1 Å². The van der Waals surface area contributed by atoms with Gasteiger partial charge in [0.1, 0.15) is 5.76 Å². The van der Waals surface area contributed by atoms with E-state index in [0.29, 0.717) is 11.3 Å². The Morgan fingerprint density at radius 2 is 1.09 bits per heavy atom. The predicted octanol–water partition coefficient (Wildman–Crippen LogP) is 16.3. The molecule has 0 aromatic heterocycles. The topological polar surface area (TPSA) is 88.1 Å². The van der Waals surface area contributed by atoms with Crippen molar-refractivity contribution in [2.45, 2.75) is 131 Å². The molecule has 0 radical (unpaired) electrons. The maximum absolute atomic E-state index is 10.7. The monoisotopic (exact) mass is 800 g/mol. The predicted molar refractivity (Wildman–Crippen MR) is 263 cm³/mol. The first kappa shape index (κ1) is 67.5. The molecule has 3 aliphatic rings.